The number of imidazole rings is 1. The summed E-state index contributed by atoms with van der Waals surface area (Å²) >= 11 is 6.41. The smallest absolute Gasteiger partial charge is 0.337 e. The molecule has 0 saturated carbocycles. The molecule has 176 valence electrons. The summed E-state index contributed by atoms with van der Waals surface area (Å²) in [6.07, 6.45) is -1.23. The van der Waals surface area contributed by atoms with Gasteiger partial charge in [0.05, 0.1) is 11.3 Å². The van der Waals surface area contributed by atoms with E-state index in [2.05, 4.69) is 15.2 Å². The molecule has 11 heteroatoms. The number of carbonyl (C=O) groups is 1. The number of aromatic nitrogens is 4. The first-order valence-electron chi connectivity index (χ1n) is 10.5. The first-order valence-corrected chi connectivity index (χ1v) is 10.9. The molecule has 1 atom stereocenters. The lowest BCUT2D eigenvalue weighted by Crippen LogP contribution is -2.29. The minimum Gasteiger partial charge on any atom is -0.337 e. The third-order valence-electron chi connectivity index (χ3n) is 6.11. The maximum atomic E-state index is 13.9. The quantitative estimate of drug-likeness (QED) is 0.386. The van der Waals surface area contributed by atoms with Crippen LogP contribution in [0.25, 0.3) is 16.8 Å². The van der Waals surface area contributed by atoms with E-state index in [0.717, 1.165) is 16.0 Å². The number of hydrogen-bond acceptors (Lipinski definition) is 3. The summed E-state index contributed by atoms with van der Waals surface area (Å²) < 4.78 is 56.4. The van der Waals surface area contributed by atoms with Crippen molar-refractivity contribution in [3.05, 3.63) is 76.2 Å². The average Bonchev–Trinajstić information content (AvgIpc) is 3.51. The first-order chi connectivity index (χ1) is 16.1. The van der Waals surface area contributed by atoms with Crippen molar-refractivity contribution in [2.45, 2.75) is 25.4 Å². The number of rotatable bonds is 3. The molecule has 0 radical (unpaired) electrons. The summed E-state index contributed by atoms with van der Waals surface area (Å²) in [7, 11) is 0. The normalized spacial score (nSPS) is 16.5. The molecule has 1 aromatic carbocycles. The molecule has 4 heterocycles. The van der Waals surface area contributed by atoms with E-state index in [4.69, 9.17) is 11.6 Å². The van der Waals surface area contributed by atoms with Crippen LogP contribution in [0.4, 0.5) is 17.6 Å². The van der Waals surface area contributed by atoms with E-state index < -0.39 is 23.3 Å². The van der Waals surface area contributed by atoms with E-state index in [9.17, 15) is 22.4 Å². The molecule has 4 aromatic rings. The Hall–Kier alpha value is -3.40. The van der Waals surface area contributed by atoms with Crippen LogP contribution >= 0.6 is 11.6 Å². The first kappa shape index (κ1) is 22.4. The second-order valence-electron chi connectivity index (χ2n) is 8.26. The zero-order valence-corrected chi connectivity index (χ0v) is 18.6. The molecule has 0 aliphatic carbocycles. The number of likely N-dealkylation sites (tertiary alicyclic amines) is 1. The molecule has 6 nitrogen and oxygen atoms in total. The highest BCUT2D eigenvalue weighted by molar-refractivity contribution is 6.33. The number of aromatic amines is 1. The molecule has 0 spiro atoms. The topological polar surface area (TPSA) is 66.3 Å². The Morgan fingerprint density at radius 2 is 2.06 bits per heavy atom. The van der Waals surface area contributed by atoms with Gasteiger partial charge in [-0.25, -0.2) is 9.37 Å². The molecule has 34 heavy (non-hydrogen) atoms. The predicted octanol–water partition coefficient (Wildman–Crippen LogP) is 5.47. The Labute approximate surface area is 196 Å². The summed E-state index contributed by atoms with van der Waals surface area (Å²) in [5, 5.41) is 6.38. The number of fused-ring (bicyclic) bond motifs is 1. The number of alkyl halides is 3. The molecule has 0 bridgehead atoms. The Balaban J connectivity index is 1.54. The number of nitrogens with one attached hydrogen (secondary N) is 1. The number of halogens is 5. The lowest BCUT2D eigenvalue weighted by atomic mass is 9.98. The van der Waals surface area contributed by atoms with E-state index in [1.807, 2.05) is 0 Å². The van der Waals surface area contributed by atoms with Crippen molar-refractivity contribution < 1.29 is 22.4 Å². The van der Waals surface area contributed by atoms with Gasteiger partial charge in [-0.3, -0.25) is 14.3 Å². The number of aryl methyl sites for hydroxylation is 1. The van der Waals surface area contributed by atoms with Gasteiger partial charge in [-0.2, -0.15) is 18.3 Å². The van der Waals surface area contributed by atoms with Crippen LogP contribution in [-0.4, -0.2) is 43.5 Å². The van der Waals surface area contributed by atoms with Crippen molar-refractivity contribution in [2.75, 3.05) is 13.1 Å². The lowest BCUT2D eigenvalue weighted by Gasteiger charge is -2.15. The molecule has 1 saturated heterocycles. The van der Waals surface area contributed by atoms with Gasteiger partial charge in [0.2, 0.25) is 0 Å². The third kappa shape index (κ3) is 3.81. The van der Waals surface area contributed by atoms with E-state index in [-0.39, 0.29) is 34.7 Å². The minimum atomic E-state index is -4.72. The second-order valence-corrected chi connectivity index (χ2v) is 8.62. The second kappa shape index (κ2) is 8.12. The number of nitrogens with zero attached hydrogens (tertiary/aromatic N) is 4. The van der Waals surface area contributed by atoms with E-state index in [0.29, 0.717) is 24.2 Å². The number of benzene rings is 1. The van der Waals surface area contributed by atoms with Crippen LogP contribution in [0.2, 0.25) is 5.15 Å². The van der Waals surface area contributed by atoms with Crippen LogP contribution in [0.5, 0.6) is 0 Å². The van der Waals surface area contributed by atoms with Crippen molar-refractivity contribution in [1.29, 1.82) is 0 Å². The fourth-order valence-corrected chi connectivity index (χ4v) is 4.64. The van der Waals surface area contributed by atoms with Crippen LogP contribution in [-0.2, 0) is 6.18 Å². The van der Waals surface area contributed by atoms with Gasteiger partial charge in [0.25, 0.3) is 5.91 Å². The predicted molar refractivity (Wildman–Crippen MR) is 117 cm³/mol. The fourth-order valence-electron chi connectivity index (χ4n) is 4.39. The van der Waals surface area contributed by atoms with Gasteiger partial charge in [-0.15, -0.1) is 0 Å². The molecule has 1 aliphatic rings. The van der Waals surface area contributed by atoms with Crippen molar-refractivity contribution in [3.8, 4) is 11.1 Å². The number of amides is 1. The average molecular weight is 492 g/mol. The Bertz CT molecular complexity index is 1410. The van der Waals surface area contributed by atoms with E-state index in [1.54, 1.807) is 19.1 Å². The molecular formula is C23H18ClF4N5O. The summed E-state index contributed by atoms with van der Waals surface area (Å²) in [5.41, 5.74) is 0.265. The number of hydrogen-bond donors (Lipinski definition) is 1. The van der Waals surface area contributed by atoms with Crippen LogP contribution in [0.1, 0.15) is 39.6 Å². The van der Waals surface area contributed by atoms with E-state index in [1.165, 1.54) is 29.4 Å². The van der Waals surface area contributed by atoms with Crippen LogP contribution in [0.15, 0.2) is 42.7 Å². The number of H-pyrrole nitrogens is 1. The molecule has 5 rings (SSSR count). The van der Waals surface area contributed by atoms with Crippen LogP contribution in [0, 0.1) is 12.7 Å². The molecular weight excluding hydrogens is 474 g/mol. The molecule has 3 aromatic heterocycles. The van der Waals surface area contributed by atoms with Crippen molar-refractivity contribution in [3.63, 3.8) is 0 Å². The maximum absolute atomic E-state index is 13.9. The SMILES string of the molecule is Cc1n[nH]cc1-c1cc(C(F)(F)F)c2nc(C(=O)N3CCC(c4cccc(F)c4)C3)c(Cl)n2c1. The molecule has 1 unspecified atom stereocenters. The van der Waals surface area contributed by atoms with Gasteiger partial charge in [0, 0.05) is 42.5 Å². The highest BCUT2D eigenvalue weighted by Crippen LogP contribution is 2.38. The summed E-state index contributed by atoms with van der Waals surface area (Å²) in [6.45, 7) is 2.31. The van der Waals surface area contributed by atoms with Crippen molar-refractivity contribution in [1.82, 2.24) is 24.5 Å². The zero-order chi connectivity index (χ0) is 24.2. The number of pyridine rings is 1. The Morgan fingerprint density at radius 1 is 1.26 bits per heavy atom. The molecule has 1 N–H and O–H groups in total. The molecule has 1 aliphatic heterocycles. The Kier molecular flexibility index (Phi) is 5.35. The monoisotopic (exact) mass is 491 g/mol. The van der Waals surface area contributed by atoms with E-state index >= 15 is 0 Å². The summed E-state index contributed by atoms with van der Waals surface area (Å²) in [5.74, 6) is -1.02. The number of carbonyl (C=O) groups excluding carboxylic acids is 1. The van der Waals surface area contributed by atoms with Gasteiger partial charge in [0.15, 0.2) is 11.3 Å². The molecule has 1 fully saturated rings. The van der Waals surface area contributed by atoms with Gasteiger partial charge in [-0.1, -0.05) is 23.7 Å². The zero-order valence-electron chi connectivity index (χ0n) is 17.8. The Morgan fingerprint density at radius 3 is 2.74 bits per heavy atom. The van der Waals surface area contributed by atoms with Gasteiger partial charge < -0.3 is 4.90 Å². The highest BCUT2D eigenvalue weighted by Gasteiger charge is 2.37. The molecule has 1 amide bonds. The standard InChI is InChI=1S/C23H18ClF4N5O/c1-12-17(9-29-31-12)15-8-18(23(26,27)28)21-30-19(20(24)33(21)11-15)22(34)32-6-5-14(10-32)13-3-2-4-16(25)7-13/h2-4,7-9,11,14H,5-6,10H2,1H3,(H,29,31). The summed E-state index contributed by atoms with van der Waals surface area (Å²) in [6, 6.07) is 7.13. The van der Waals surface area contributed by atoms with Gasteiger partial charge >= 0.3 is 6.18 Å². The largest absolute Gasteiger partial charge is 0.420 e. The summed E-state index contributed by atoms with van der Waals surface area (Å²) in [4.78, 5) is 18.7. The third-order valence-corrected chi connectivity index (χ3v) is 6.47. The lowest BCUT2D eigenvalue weighted by molar-refractivity contribution is -0.136. The van der Waals surface area contributed by atoms with Gasteiger partial charge in [-0.05, 0) is 37.1 Å². The fraction of sp³-hybridized carbons (Fsp3) is 0.261. The van der Waals surface area contributed by atoms with Crippen molar-refractivity contribution in [2.24, 2.45) is 0 Å². The van der Waals surface area contributed by atoms with Crippen molar-refractivity contribution >= 4 is 23.2 Å². The van der Waals surface area contributed by atoms with Crippen LogP contribution in [0.3, 0.4) is 0 Å². The van der Waals surface area contributed by atoms with Gasteiger partial charge in [0.1, 0.15) is 11.0 Å². The highest BCUT2D eigenvalue weighted by atomic mass is 35.5. The maximum Gasteiger partial charge on any atom is 0.420 e. The van der Waals surface area contributed by atoms with Crippen LogP contribution < -0.4 is 0 Å². The minimum absolute atomic E-state index is 0.0862.